The van der Waals surface area contributed by atoms with Crippen LogP contribution < -0.4 is 16.0 Å². The molecule has 0 bridgehead atoms. The van der Waals surface area contributed by atoms with Gasteiger partial charge in [-0.05, 0) is 61.4 Å². The molecule has 38 heavy (non-hydrogen) atoms. The van der Waals surface area contributed by atoms with E-state index in [0.717, 1.165) is 0 Å². The summed E-state index contributed by atoms with van der Waals surface area (Å²) in [5, 5.41) is 15.8. The van der Waals surface area contributed by atoms with Crippen LogP contribution in [0.2, 0.25) is 0 Å². The number of aliphatic hydroxyl groups is 1. The van der Waals surface area contributed by atoms with Gasteiger partial charge in [-0.2, -0.15) is 5.10 Å². The fraction of sp³-hybridized carbons (Fsp3) is 0.269. The minimum absolute atomic E-state index is 0.0183. The number of aromatic nitrogens is 4. The number of carbonyl (C=O) groups is 2. The molecule has 12 heteroatoms. The molecule has 2 aromatic carbocycles. The predicted octanol–water partition coefficient (Wildman–Crippen LogP) is 1.25. The number of hydrogen-bond donors (Lipinski definition) is 2. The van der Waals surface area contributed by atoms with Crippen molar-refractivity contribution in [1.82, 2.24) is 24.2 Å². The van der Waals surface area contributed by atoms with E-state index < -0.39 is 17.3 Å². The molecule has 0 unspecified atom stereocenters. The molecule has 0 atom stereocenters. The van der Waals surface area contributed by atoms with E-state index in [1.165, 1.54) is 46.0 Å². The number of fused-ring (bicyclic) bond motifs is 1. The Balaban J connectivity index is 1.28. The number of likely N-dealkylation sites (tertiary alicyclic amines) is 1. The number of carbonyl (C=O) groups excluding carboxylic acids is 2. The van der Waals surface area contributed by atoms with E-state index in [-0.39, 0.29) is 42.8 Å². The third kappa shape index (κ3) is 5.11. The van der Waals surface area contributed by atoms with Gasteiger partial charge in [0.05, 0.1) is 24.0 Å². The van der Waals surface area contributed by atoms with E-state index in [9.17, 15) is 23.9 Å². The number of rotatable bonds is 7. The number of hydrogen-bond acceptors (Lipinski definition) is 7. The second-order valence-corrected chi connectivity index (χ2v) is 9.24. The summed E-state index contributed by atoms with van der Waals surface area (Å²) in [5.74, 6) is -0.771. The molecule has 5 rings (SSSR count). The summed E-state index contributed by atoms with van der Waals surface area (Å²) in [6.45, 7) is 0.382. The molecule has 4 aromatic rings. The van der Waals surface area contributed by atoms with E-state index >= 15 is 0 Å². The average molecular weight is 521 g/mol. The van der Waals surface area contributed by atoms with Crippen molar-refractivity contribution < 1.29 is 23.8 Å². The quantitative estimate of drug-likeness (QED) is 0.373. The molecule has 2 amide bonds. The number of halogens is 1. The topological polar surface area (TPSA) is 146 Å². The van der Waals surface area contributed by atoms with Crippen LogP contribution in [0.3, 0.4) is 0 Å². The van der Waals surface area contributed by atoms with Crippen LogP contribution in [0.15, 0.2) is 65.8 Å². The molecule has 196 valence electrons. The summed E-state index contributed by atoms with van der Waals surface area (Å²) in [6.07, 6.45) is 3.34. The van der Waals surface area contributed by atoms with E-state index in [2.05, 4.69) is 10.1 Å². The summed E-state index contributed by atoms with van der Waals surface area (Å²) in [6, 6.07) is 12.1. The van der Waals surface area contributed by atoms with Crippen molar-refractivity contribution in [2.24, 2.45) is 5.73 Å². The van der Waals surface area contributed by atoms with Gasteiger partial charge < -0.3 is 20.5 Å². The zero-order valence-electron chi connectivity index (χ0n) is 20.3. The summed E-state index contributed by atoms with van der Waals surface area (Å²) < 4.78 is 21.3. The van der Waals surface area contributed by atoms with Gasteiger partial charge in [0.15, 0.2) is 12.3 Å². The first-order valence-corrected chi connectivity index (χ1v) is 11.9. The maximum Gasteiger partial charge on any atom is 0.264 e. The fourth-order valence-corrected chi connectivity index (χ4v) is 4.46. The first kappa shape index (κ1) is 25.1. The normalized spacial score (nSPS) is 14.9. The number of nitrogens with two attached hydrogens (primary N) is 1. The van der Waals surface area contributed by atoms with Crippen molar-refractivity contribution in [1.29, 1.82) is 0 Å². The lowest BCUT2D eigenvalue weighted by atomic mass is 9.91. The Labute approximate surface area is 215 Å². The minimum atomic E-state index is -1.20. The Hall–Kier alpha value is -4.58. The molecule has 3 N–H and O–H groups in total. The van der Waals surface area contributed by atoms with Gasteiger partial charge in [0, 0.05) is 18.7 Å². The van der Waals surface area contributed by atoms with Crippen LogP contribution in [0.4, 0.5) is 4.39 Å². The predicted molar refractivity (Wildman–Crippen MR) is 134 cm³/mol. The molecule has 3 heterocycles. The standard InChI is InChI=1S/C26H25FN6O5/c27-18-3-1-17(2-4-18)24(35)31-11-9-26(37,10-12-31)15-32-16-29-23-21(25(32)36)13-30-33(23)19-5-7-20(8-6-19)38-14-22(28)34/h1-8,13,16,37H,9-12,14-15H2,(H2,28,34). The van der Waals surface area contributed by atoms with Crippen LogP contribution in [0.1, 0.15) is 23.2 Å². The van der Waals surface area contributed by atoms with Crippen LogP contribution in [0.25, 0.3) is 16.7 Å². The second-order valence-electron chi connectivity index (χ2n) is 9.24. The molecule has 11 nitrogen and oxygen atoms in total. The highest BCUT2D eigenvalue weighted by molar-refractivity contribution is 5.94. The molecule has 0 spiro atoms. The highest BCUT2D eigenvalue weighted by Gasteiger charge is 2.35. The fourth-order valence-electron chi connectivity index (χ4n) is 4.46. The van der Waals surface area contributed by atoms with Gasteiger partial charge >= 0.3 is 0 Å². The molecule has 1 aliphatic heterocycles. The van der Waals surface area contributed by atoms with Gasteiger partial charge in [0.2, 0.25) is 0 Å². The van der Waals surface area contributed by atoms with Gasteiger partial charge in [-0.25, -0.2) is 14.1 Å². The van der Waals surface area contributed by atoms with E-state index in [0.29, 0.717) is 35.7 Å². The lowest BCUT2D eigenvalue weighted by molar-refractivity contribution is -0.119. The molecule has 1 fully saturated rings. The number of primary amides is 1. The smallest absolute Gasteiger partial charge is 0.264 e. The number of amides is 2. The molecule has 2 aromatic heterocycles. The van der Waals surface area contributed by atoms with Crippen LogP contribution in [-0.2, 0) is 11.3 Å². The molecule has 0 aliphatic carbocycles. The molecule has 1 aliphatic rings. The Morgan fingerprint density at radius 1 is 1.08 bits per heavy atom. The van der Waals surface area contributed by atoms with Gasteiger partial charge in [-0.15, -0.1) is 0 Å². The zero-order chi connectivity index (χ0) is 26.9. The SMILES string of the molecule is NC(=O)COc1ccc(-n2ncc3c(=O)n(CC4(O)CCN(C(=O)c5ccc(F)cc5)CC4)cnc32)cc1. The molecule has 1 saturated heterocycles. The van der Waals surface area contributed by atoms with Gasteiger partial charge in [-0.3, -0.25) is 19.0 Å². The molecular formula is C26H25FN6O5. The largest absolute Gasteiger partial charge is 0.484 e. The maximum absolute atomic E-state index is 13.2. The van der Waals surface area contributed by atoms with Crippen LogP contribution in [-0.4, -0.2) is 66.4 Å². The Morgan fingerprint density at radius 2 is 1.76 bits per heavy atom. The third-order valence-corrected chi connectivity index (χ3v) is 6.55. The van der Waals surface area contributed by atoms with E-state index in [1.807, 2.05) is 0 Å². The van der Waals surface area contributed by atoms with Crippen molar-refractivity contribution in [3.05, 3.63) is 82.8 Å². The summed E-state index contributed by atoms with van der Waals surface area (Å²) in [7, 11) is 0. The van der Waals surface area contributed by atoms with Crippen molar-refractivity contribution in [2.75, 3.05) is 19.7 Å². The van der Waals surface area contributed by atoms with Crippen molar-refractivity contribution in [3.8, 4) is 11.4 Å². The second kappa shape index (κ2) is 10.1. The number of benzene rings is 2. The van der Waals surface area contributed by atoms with Gasteiger partial charge in [-0.1, -0.05) is 0 Å². The average Bonchev–Trinajstić information content (AvgIpc) is 3.35. The van der Waals surface area contributed by atoms with Crippen molar-refractivity contribution >= 4 is 22.8 Å². The van der Waals surface area contributed by atoms with Gasteiger partial charge in [0.1, 0.15) is 23.3 Å². The van der Waals surface area contributed by atoms with Crippen molar-refractivity contribution in [2.45, 2.75) is 25.0 Å². The summed E-state index contributed by atoms with van der Waals surface area (Å²) in [5.41, 5.74) is 4.91. The highest BCUT2D eigenvalue weighted by Crippen LogP contribution is 2.25. The lowest BCUT2D eigenvalue weighted by Gasteiger charge is -2.38. The first-order valence-electron chi connectivity index (χ1n) is 11.9. The first-order chi connectivity index (χ1) is 18.2. The zero-order valence-corrected chi connectivity index (χ0v) is 20.3. The summed E-state index contributed by atoms with van der Waals surface area (Å²) in [4.78, 5) is 42.8. The minimum Gasteiger partial charge on any atom is -0.484 e. The van der Waals surface area contributed by atoms with Crippen LogP contribution in [0.5, 0.6) is 5.75 Å². The molecule has 0 saturated carbocycles. The van der Waals surface area contributed by atoms with Crippen molar-refractivity contribution in [3.63, 3.8) is 0 Å². The lowest BCUT2D eigenvalue weighted by Crippen LogP contribution is -2.49. The Morgan fingerprint density at radius 3 is 2.42 bits per heavy atom. The van der Waals surface area contributed by atoms with Crippen LogP contribution >= 0.6 is 0 Å². The van der Waals surface area contributed by atoms with E-state index in [4.69, 9.17) is 10.5 Å². The third-order valence-electron chi connectivity index (χ3n) is 6.55. The highest BCUT2D eigenvalue weighted by atomic mass is 19.1. The molecule has 0 radical (unpaired) electrons. The van der Waals surface area contributed by atoms with Crippen LogP contribution in [0, 0.1) is 5.82 Å². The number of nitrogens with zero attached hydrogens (tertiary/aromatic N) is 5. The monoisotopic (exact) mass is 520 g/mol. The van der Waals surface area contributed by atoms with Gasteiger partial charge in [0.25, 0.3) is 17.4 Å². The summed E-state index contributed by atoms with van der Waals surface area (Å²) >= 11 is 0. The number of ether oxygens (including phenoxy) is 1. The Bertz CT molecular complexity index is 1540. The maximum atomic E-state index is 13.2. The van der Waals surface area contributed by atoms with E-state index in [1.54, 1.807) is 29.2 Å². The Kier molecular flexibility index (Phi) is 6.64. The molecular weight excluding hydrogens is 495 g/mol. The number of piperidine rings is 1.